The van der Waals surface area contributed by atoms with Crippen molar-refractivity contribution >= 4 is 10.9 Å². The SMILES string of the molecule is Cc1cc(-c2n(C)c(C(C)(C)c3ccccc3C)c[n+]2-c2c(C(C)C)cccc2C(C)C)n(C)n1.Cc1ccccc1C(C)(C)c1c[n+](-c2c(C(C)C)cccc2C(C)C)c(-[n+]2cc3ccccc3n2C)n1C.Cc1ccccc1C(C)(C)c1c[n+](-c2c(C(C)C)cccc2C(C)C)c(-c2cnc(C)n2C)n1C.Cc1ccccc1C(C)(C)c1c[n+](-c2c(C(C)C)cccc2C(C)C)c(-n2ccc[n+]2C)n1C. The normalized spacial score (nSPS) is 12.2. The van der Waals surface area contributed by atoms with Crippen molar-refractivity contribution in [3.05, 3.63) is 379 Å². The maximum atomic E-state index is 4.71. The summed E-state index contributed by atoms with van der Waals surface area (Å²) in [6.45, 7) is 68.4. The summed E-state index contributed by atoms with van der Waals surface area (Å²) in [6.07, 6.45) is 18.0. The molecule has 17 rings (SSSR count). The number of rotatable bonds is 24. The molecule has 0 N–H and O–H groups in total. The molecule has 9 aromatic carbocycles. The Balaban J connectivity index is 0.000000151. The van der Waals surface area contributed by atoms with E-state index < -0.39 is 0 Å². The summed E-state index contributed by atoms with van der Waals surface area (Å²) in [5.41, 5.74) is 35.6. The summed E-state index contributed by atoms with van der Waals surface area (Å²) < 4.78 is 32.5. The molecule has 8 aromatic heterocycles. The quantitative estimate of drug-likeness (QED) is 0.0564. The highest BCUT2D eigenvalue weighted by molar-refractivity contribution is 5.77. The van der Waals surface area contributed by atoms with Gasteiger partial charge in [-0.05, 0) is 223 Å². The van der Waals surface area contributed by atoms with Crippen molar-refractivity contribution < 1.29 is 27.6 Å². The zero-order valence-electron chi connectivity index (χ0n) is 93.0. The van der Waals surface area contributed by atoms with Crippen molar-refractivity contribution in [3.63, 3.8) is 0 Å². The van der Waals surface area contributed by atoms with Crippen molar-refractivity contribution in [1.82, 2.24) is 47.0 Å². The van der Waals surface area contributed by atoms with Gasteiger partial charge >= 0.3 is 23.5 Å². The van der Waals surface area contributed by atoms with Crippen LogP contribution in [0.15, 0.2) is 256 Å². The number of hydrogen-bond acceptors (Lipinski definition) is 2. The summed E-state index contributed by atoms with van der Waals surface area (Å²) in [5.74, 6) is 8.82. The maximum Gasteiger partial charge on any atom is 0.563 e. The molecule has 16 nitrogen and oxygen atoms in total. The lowest BCUT2D eigenvalue weighted by molar-refractivity contribution is -0.787. The van der Waals surface area contributed by atoms with Crippen LogP contribution in [0.1, 0.15) is 337 Å². The molecular weight excluding hydrogens is 1740 g/mol. The number of benzene rings is 9. The van der Waals surface area contributed by atoms with Gasteiger partial charge < -0.3 is 4.57 Å². The molecule has 16 heteroatoms. The fraction of sp³-hybridized carbons (Fsp3) is 0.397. The molecule has 0 atom stereocenters. The first-order chi connectivity index (χ1) is 67.0. The van der Waals surface area contributed by atoms with Gasteiger partial charge in [-0.2, -0.15) is 28.0 Å². The smallest absolute Gasteiger partial charge is 0.325 e. The zero-order valence-corrected chi connectivity index (χ0v) is 93.0. The van der Waals surface area contributed by atoms with Crippen molar-refractivity contribution in [2.24, 2.45) is 56.4 Å². The molecule has 0 aliphatic heterocycles. The first kappa shape index (κ1) is 105. The summed E-state index contributed by atoms with van der Waals surface area (Å²) in [7, 11) is 17.2. The third kappa shape index (κ3) is 19.5. The van der Waals surface area contributed by atoms with E-state index in [1.807, 2.05) is 17.9 Å². The Kier molecular flexibility index (Phi) is 30.6. The lowest BCUT2D eigenvalue weighted by Gasteiger charge is -2.25. The molecule has 0 aliphatic carbocycles. The Hall–Kier alpha value is -13.1. The number of imidazole rings is 5. The molecule has 0 fully saturated rings. The number of hydrogen-bond donors (Lipinski definition) is 0. The van der Waals surface area contributed by atoms with Gasteiger partial charge in [-0.1, -0.05) is 297 Å². The van der Waals surface area contributed by atoms with E-state index in [9.17, 15) is 0 Å². The lowest BCUT2D eigenvalue weighted by Crippen LogP contribution is -2.52. The van der Waals surface area contributed by atoms with Gasteiger partial charge in [0.25, 0.3) is 0 Å². The molecule has 8 heterocycles. The number of aromatic nitrogens is 16. The summed E-state index contributed by atoms with van der Waals surface area (Å²) in [6, 6.07) is 75.1. The largest absolute Gasteiger partial charge is 0.563 e. The minimum Gasteiger partial charge on any atom is -0.325 e. The summed E-state index contributed by atoms with van der Waals surface area (Å²) >= 11 is 0. The average molecular weight is 1900 g/mol. The number of para-hydroxylation sites is 5. The second-order valence-corrected chi connectivity index (χ2v) is 44.7. The average Bonchev–Trinajstić information content (AvgIpc) is 1.60. The maximum absolute atomic E-state index is 4.71. The number of aryl methyl sites for hydroxylation is 9. The Morgan fingerprint density at radius 1 is 0.310 bits per heavy atom. The molecule has 0 bridgehead atoms. The highest BCUT2D eigenvalue weighted by Gasteiger charge is 2.47. The third-order valence-electron chi connectivity index (χ3n) is 30.6. The molecular formula is C126H164N16+6. The van der Waals surface area contributed by atoms with Gasteiger partial charge in [0.05, 0.1) is 67.2 Å². The van der Waals surface area contributed by atoms with Crippen LogP contribution in [-0.4, -0.2) is 47.0 Å². The molecule has 0 aliphatic rings. The van der Waals surface area contributed by atoms with E-state index in [0.717, 1.165) is 46.5 Å². The molecule has 0 unspecified atom stereocenters. The van der Waals surface area contributed by atoms with Crippen molar-refractivity contribution in [1.29, 1.82) is 0 Å². The number of fused-ring (bicyclic) bond motifs is 1. The predicted octanol–water partition coefficient (Wildman–Crippen LogP) is 26.5. The van der Waals surface area contributed by atoms with E-state index in [-0.39, 0.29) is 21.7 Å². The minimum atomic E-state index is -0.198. The van der Waals surface area contributed by atoms with Gasteiger partial charge in [-0.3, -0.25) is 4.68 Å². The Morgan fingerprint density at radius 2 is 0.620 bits per heavy atom. The van der Waals surface area contributed by atoms with Crippen LogP contribution in [0.4, 0.5) is 0 Å². The van der Waals surface area contributed by atoms with Crippen molar-refractivity contribution in [2.75, 3.05) is 0 Å². The molecule has 0 spiro atoms. The van der Waals surface area contributed by atoms with E-state index >= 15 is 0 Å². The van der Waals surface area contributed by atoms with Crippen LogP contribution in [-0.2, 0) is 78.0 Å². The van der Waals surface area contributed by atoms with Gasteiger partial charge in [0.1, 0.15) is 60.4 Å². The second kappa shape index (κ2) is 41.5. The van der Waals surface area contributed by atoms with Crippen LogP contribution in [0.3, 0.4) is 0 Å². The van der Waals surface area contributed by atoms with E-state index in [1.165, 1.54) is 145 Å². The van der Waals surface area contributed by atoms with E-state index in [4.69, 9.17) is 5.10 Å². The van der Waals surface area contributed by atoms with E-state index in [1.54, 1.807) is 0 Å². The van der Waals surface area contributed by atoms with Crippen LogP contribution < -0.4 is 27.6 Å². The topological polar surface area (TPSA) is 88.5 Å². The fourth-order valence-electron chi connectivity index (χ4n) is 22.7. The molecule has 0 saturated heterocycles. The molecule has 742 valence electrons. The van der Waals surface area contributed by atoms with Gasteiger partial charge in [0.15, 0.2) is 53.6 Å². The van der Waals surface area contributed by atoms with Crippen molar-refractivity contribution in [2.45, 2.75) is 277 Å². The molecule has 0 radical (unpaired) electrons. The fourth-order valence-corrected chi connectivity index (χ4v) is 22.7. The van der Waals surface area contributed by atoms with Gasteiger partial charge in [0, 0.05) is 63.6 Å². The van der Waals surface area contributed by atoms with Crippen LogP contribution in [0.2, 0.25) is 0 Å². The van der Waals surface area contributed by atoms with Crippen molar-refractivity contribution in [3.8, 4) is 57.7 Å². The van der Waals surface area contributed by atoms with Crippen LogP contribution in [0.25, 0.3) is 68.6 Å². The molecule has 142 heavy (non-hydrogen) atoms. The van der Waals surface area contributed by atoms with Gasteiger partial charge in [0.2, 0.25) is 6.20 Å². The second-order valence-electron chi connectivity index (χ2n) is 44.7. The molecule has 0 saturated carbocycles. The number of nitrogens with zero attached hydrogens (tertiary/aromatic N) is 16. The molecule has 17 aromatic rings. The molecule has 0 amide bonds. The van der Waals surface area contributed by atoms with Gasteiger partial charge in [-0.25, -0.2) is 18.7 Å². The highest BCUT2D eigenvalue weighted by Crippen LogP contribution is 2.44. The third-order valence-corrected chi connectivity index (χ3v) is 30.6. The standard InChI is InChI=1S/C34H42N4.2C31H41N4.C30H40N4/c1-23(2)27-17-14-18-28(24(3)4)32(27)37-22-31(34(6,7)29-19-12-10-15-25(29)5)35(8)33(37)38-21-26-16-11-13-20-30(26)36(38)9;1-20(2)24-15-13-16-25(21(3)4)29(24)35-19-28(31(7,8)26-17-12-11-14-22(26)5)34(10)30(35)27-18-32-23(6)33(27)9;1-20(2)24-15-13-16-25(21(3)4)29(24)35-19-28(31(7,8)26-17-12-11-14-22(26)5)33(9)30(35)27-18-23(6)32-34(27)10;1-21(2)24-15-12-16-25(22(3)4)28(24)33-20-27(30(6,7)26-17-11-10-14-23(26)5)32(9)29(33)34-19-13-18-31(34)8/h10-24H,1-9H3;2*11-21H,1-10H3;10-22H,1-9H3/q+2;2*+1;+2. The zero-order chi connectivity index (χ0) is 103. The first-order valence-corrected chi connectivity index (χ1v) is 51.7. The van der Waals surface area contributed by atoms with Crippen LogP contribution in [0.5, 0.6) is 0 Å². The Bertz CT molecular complexity index is 7150. The predicted molar refractivity (Wildman–Crippen MR) is 586 cm³/mol. The van der Waals surface area contributed by atoms with E-state index in [0.29, 0.717) is 47.3 Å². The first-order valence-electron chi connectivity index (χ1n) is 51.7. The summed E-state index contributed by atoms with van der Waals surface area (Å²) in [4.78, 5) is 4.66. The monoisotopic (exact) mass is 1900 g/mol. The Labute approximate surface area is 850 Å². The van der Waals surface area contributed by atoms with Gasteiger partial charge in [-0.15, -0.1) is 4.57 Å². The van der Waals surface area contributed by atoms with E-state index in [2.05, 4.69) is 571 Å². The van der Waals surface area contributed by atoms with Crippen LogP contribution >= 0.6 is 0 Å². The minimum absolute atomic E-state index is 0.170. The highest BCUT2D eigenvalue weighted by atomic mass is 15.5. The lowest BCUT2D eigenvalue weighted by atomic mass is 9.79. The summed E-state index contributed by atoms with van der Waals surface area (Å²) in [5, 5.41) is 5.94. The van der Waals surface area contributed by atoms with Crippen LogP contribution in [0, 0.1) is 41.5 Å². The Morgan fingerprint density at radius 3 is 0.937 bits per heavy atom.